The molecule has 6 nitrogen and oxygen atoms in total. The molecule has 0 aliphatic heterocycles. The van der Waals surface area contributed by atoms with E-state index in [0.29, 0.717) is 50.5 Å². The summed E-state index contributed by atoms with van der Waals surface area (Å²) in [4.78, 5) is 0. The minimum absolute atomic E-state index is 0.165. The van der Waals surface area contributed by atoms with Crippen molar-refractivity contribution < 1.29 is 9.47 Å². The van der Waals surface area contributed by atoms with Crippen molar-refractivity contribution >= 4 is 5.57 Å². The van der Waals surface area contributed by atoms with Gasteiger partial charge in [-0.25, -0.2) is 0 Å². The van der Waals surface area contributed by atoms with Crippen molar-refractivity contribution in [3.63, 3.8) is 0 Å². The summed E-state index contributed by atoms with van der Waals surface area (Å²) in [5.74, 6) is 1.26. The number of ether oxygens (including phenoxy) is 2. The first-order valence-corrected chi connectivity index (χ1v) is 13.9. The number of allylic oxidation sites excluding steroid dienone is 3. The van der Waals surface area contributed by atoms with E-state index in [-0.39, 0.29) is 5.57 Å². The number of nitriles is 4. The monoisotopic (exact) mass is 572 g/mol. The van der Waals surface area contributed by atoms with Gasteiger partial charge in [-0.2, -0.15) is 21.0 Å². The van der Waals surface area contributed by atoms with Crippen molar-refractivity contribution in [3.8, 4) is 35.8 Å². The summed E-state index contributed by atoms with van der Waals surface area (Å²) in [5, 5.41) is 43.2. The molecule has 212 valence electrons. The fourth-order valence-corrected chi connectivity index (χ4v) is 6.22. The van der Waals surface area contributed by atoms with Crippen LogP contribution in [-0.2, 0) is 5.41 Å². The second-order valence-corrected chi connectivity index (χ2v) is 10.6. The van der Waals surface area contributed by atoms with Gasteiger partial charge < -0.3 is 9.47 Å². The summed E-state index contributed by atoms with van der Waals surface area (Å²) >= 11 is 0. The van der Waals surface area contributed by atoms with Crippen LogP contribution in [0.15, 0.2) is 114 Å². The van der Waals surface area contributed by atoms with E-state index in [1.54, 1.807) is 38.5 Å². The fourth-order valence-electron chi connectivity index (χ4n) is 6.22. The van der Waals surface area contributed by atoms with Crippen LogP contribution in [0.3, 0.4) is 0 Å². The minimum atomic E-state index is -1.83. The van der Waals surface area contributed by atoms with Gasteiger partial charge in [0.05, 0.1) is 31.8 Å². The summed E-state index contributed by atoms with van der Waals surface area (Å²) in [6, 6.07) is 38.8. The van der Waals surface area contributed by atoms with E-state index in [9.17, 15) is 21.0 Å². The maximum Gasteiger partial charge on any atom is 0.187 e. The molecule has 44 heavy (non-hydrogen) atoms. The molecule has 0 radical (unpaired) electrons. The lowest BCUT2D eigenvalue weighted by atomic mass is 9.38. The van der Waals surface area contributed by atoms with Gasteiger partial charge in [0.1, 0.15) is 29.2 Å². The standard InChI is InChI=1S/C38H28N4O2/c1-25-5-13-30(14-6-25)38(31-15-7-26(2)8-16-31)35(29(21-39)22-40)36(37(38,23-41)24-42)34(27-9-17-32(43-3)18-10-27)28-11-19-33(44-4)20-12-28/h5-20H,1-4H3. The third-order valence-electron chi connectivity index (χ3n) is 8.35. The summed E-state index contributed by atoms with van der Waals surface area (Å²) in [5.41, 5.74) is 2.41. The smallest absolute Gasteiger partial charge is 0.187 e. The number of rotatable bonds is 6. The lowest BCUT2D eigenvalue weighted by Crippen LogP contribution is -2.59. The van der Waals surface area contributed by atoms with Crippen molar-refractivity contribution in [2.45, 2.75) is 19.3 Å². The average Bonchev–Trinajstić information content (AvgIpc) is 3.07. The predicted molar refractivity (Wildman–Crippen MR) is 167 cm³/mol. The molecule has 0 amide bonds. The second kappa shape index (κ2) is 11.7. The zero-order valence-corrected chi connectivity index (χ0v) is 24.8. The molecule has 4 aromatic rings. The number of hydrogen-bond donors (Lipinski definition) is 0. The first kappa shape index (κ1) is 29.4. The third kappa shape index (κ3) is 4.30. The van der Waals surface area contributed by atoms with Crippen molar-refractivity contribution in [2.75, 3.05) is 14.2 Å². The maximum atomic E-state index is 11.2. The highest BCUT2D eigenvalue weighted by molar-refractivity contribution is 5.95. The highest BCUT2D eigenvalue weighted by Gasteiger charge is 2.71. The molecule has 1 aliphatic carbocycles. The zero-order chi connectivity index (χ0) is 31.5. The quantitative estimate of drug-likeness (QED) is 0.221. The largest absolute Gasteiger partial charge is 0.497 e. The maximum absolute atomic E-state index is 11.2. The summed E-state index contributed by atoms with van der Waals surface area (Å²) in [6.45, 7) is 3.91. The third-order valence-corrected chi connectivity index (χ3v) is 8.35. The molecule has 1 saturated carbocycles. The Kier molecular flexibility index (Phi) is 7.79. The summed E-state index contributed by atoms with van der Waals surface area (Å²) in [7, 11) is 3.15. The van der Waals surface area contributed by atoms with Crippen LogP contribution in [0, 0.1) is 64.6 Å². The van der Waals surface area contributed by atoms with Crippen LogP contribution in [-0.4, -0.2) is 14.2 Å². The van der Waals surface area contributed by atoms with Gasteiger partial charge >= 0.3 is 0 Å². The normalized spacial score (nSPS) is 14.1. The summed E-state index contributed by atoms with van der Waals surface area (Å²) in [6.07, 6.45) is 0. The topological polar surface area (TPSA) is 114 Å². The molecular weight excluding hydrogens is 544 g/mol. The molecule has 0 aromatic heterocycles. The van der Waals surface area contributed by atoms with E-state index < -0.39 is 10.8 Å². The number of hydrogen-bond acceptors (Lipinski definition) is 6. The Morgan fingerprint density at radius 2 is 0.932 bits per heavy atom. The minimum Gasteiger partial charge on any atom is -0.497 e. The molecule has 1 fully saturated rings. The molecule has 0 spiro atoms. The van der Waals surface area contributed by atoms with Crippen LogP contribution in [0.4, 0.5) is 0 Å². The molecule has 0 bridgehead atoms. The molecule has 1 aliphatic rings. The molecule has 0 atom stereocenters. The fraction of sp³-hybridized carbons (Fsp3) is 0.158. The van der Waals surface area contributed by atoms with E-state index in [2.05, 4.69) is 24.3 Å². The Balaban J connectivity index is 2.03. The lowest BCUT2D eigenvalue weighted by molar-refractivity contribution is 0.334. The second-order valence-electron chi connectivity index (χ2n) is 10.6. The Morgan fingerprint density at radius 1 is 0.545 bits per heavy atom. The Bertz CT molecular complexity index is 1830. The van der Waals surface area contributed by atoms with Crippen LogP contribution in [0.1, 0.15) is 33.4 Å². The van der Waals surface area contributed by atoms with Gasteiger partial charge in [0.2, 0.25) is 0 Å². The van der Waals surface area contributed by atoms with Crippen LogP contribution in [0.2, 0.25) is 0 Å². The SMILES string of the molecule is COc1ccc(C(=C2C(=C(C#N)C#N)C(c3ccc(C)cc3)(c3ccc(C)cc3)C2(C#N)C#N)c2ccc(OC)cc2)cc1. The van der Waals surface area contributed by atoms with Crippen LogP contribution >= 0.6 is 0 Å². The van der Waals surface area contributed by atoms with Gasteiger partial charge in [-0.3, -0.25) is 0 Å². The first-order valence-electron chi connectivity index (χ1n) is 13.9. The van der Waals surface area contributed by atoms with E-state index in [1.807, 2.05) is 86.6 Å². The highest BCUT2D eigenvalue weighted by Crippen LogP contribution is 2.70. The van der Waals surface area contributed by atoms with Gasteiger partial charge in [0.25, 0.3) is 0 Å². The van der Waals surface area contributed by atoms with Gasteiger partial charge in [-0.05, 0) is 65.9 Å². The molecule has 0 saturated heterocycles. The predicted octanol–water partition coefficient (Wildman–Crippen LogP) is 7.50. The Morgan fingerprint density at radius 3 is 1.25 bits per heavy atom. The van der Waals surface area contributed by atoms with Crippen LogP contribution < -0.4 is 9.47 Å². The molecule has 5 rings (SSSR count). The molecule has 0 unspecified atom stereocenters. The van der Waals surface area contributed by atoms with E-state index >= 15 is 0 Å². The number of aryl methyl sites for hydroxylation is 2. The van der Waals surface area contributed by atoms with E-state index in [4.69, 9.17) is 9.47 Å². The zero-order valence-electron chi connectivity index (χ0n) is 24.8. The molecule has 6 heteroatoms. The van der Waals surface area contributed by atoms with Crippen LogP contribution in [0.5, 0.6) is 11.5 Å². The number of benzene rings is 4. The molecule has 0 N–H and O–H groups in total. The Hall–Kier alpha value is -6.08. The number of methoxy groups -OCH3 is 2. The average molecular weight is 573 g/mol. The molecular formula is C38H28N4O2. The van der Waals surface area contributed by atoms with E-state index in [1.165, 1.54) is 0 Å². The van der Waals surface area contributed by atoms with Crippen molar-refractivity contribution in [1.82, 2.24) is 0 Å². The van der Waals surface area contributed by atoms with Gasteiger partial charge in [0, 0.05) is 11.1 Å². The number of nitrogens with zero attached hydrogens (tertiary/aromatic N) is 4. The molecule has 4 aromatic carbocycles. The van der Waals surface area contributed by atoms with Crippen molar-refractivity contribution in [1.29, 1.82) is 21.0 Å². The van der Waals surface area contributed by atoms with E-state index in [0.717, 1.165) is 11.1 Å². The van der Waals surface area contributed by atoms with Gasteiger partial charge in [-0.15, -0.1) is 0 Å². The Labute approximate surface area is 257 Å². The van der Waals surface area contributed by atoms with Crippen LogP contribution in [0.25, 0.3) is 5.57 Å². The first-order chi connectivity index (χ1) is 21.3. The lowest BCUT2D eigenvalue weighted by Gasteiger charge is -2.57. The van der Waals surface area contributed by atoms with Gasteiger partial charge in [-0.1, -0.05) is 83.9 Å². The summed E-state index contributed by atoms with van der Waals surface area (Å²) < 4.78 is 10.8. The van der Waals surface area contributed by atoms with Crippen molar-refractivity contribution in [3.05, 3.63) is 147 Å². The molecule has 0 heterocycles. The van der Waals surface area contributed by atoms with Crippen molar-refractivity contribution in [2.24, 2.45) is 5.41 Å². The highest BCUT2D eigenvalue weighted by atomic mass is 16.5. The van der Waals surface area contributed by atoms with Gasteiger partial charge in [0.15, 0.2) is 5.41 Å².